The number of alkyl halides is 3. The van der Waals surface area contributed by atoms with Gasteiger partial charge in [0.25, 0.3) is 0 Å². The van der Waals surface area contributed by atoms with E-state index in [-0.39, 0.29) is 30.5 Å². The molecule has 3 aromatic rings. The monoisotopic (exact) mass is 470 g/mol. The Balaban J connectivity index is 1.37. The normalized spacial score (nSPS) is 13.9. The fourth-order valence-electron chi connectivity index (χ4n) is 3.63. The maximum atomic E-state index is 12.9. The zero-order valence-corrected chi connectivity index (χ0v) is 18.0. The Bertz CT molecular complexity index is 1150. The molecule has 0 aliphatic carbocycles. The van der Waals surface area contributed by atoms with Crippen molar-refractivity contribution in [2.45, 2.75) is 25.7 Å². The van der Waals surface area contributed by atoms with E-state index in [4.69, 9.17) is 0 Å². The minimum atomic E-state index is -4.76. The number of rotatable bonds is 8. The number of nitrogens with zero attached hydrogens (tertiary/aromatic N) is 4. The molecule has 0 spiro atoms. The van der Waals surface area contributed by atoms with E-state index in [2.05, 4.69) is 14.7 Å². The van der Waals surface area contributed by atoms with Crippen LogP contribution >= 0.6 is 0 Å². The third-order valence-electron chi connectivity index (χ3n) is 5.30. The molecule has 7 nitrogen and oxygen atoms in total. The number of carbonyl (C=O) groups excluding carboxylic acids is 2. The standard InChI is InChI=1S/C24H21F3N4O3/c25-24(26,27)34-20-7-4-17(5-8-20)16-30-13-14-31(23(30)33)22-15-18(10-12-29-22)21(32)9-6-19-3-1-2-11-28-19/h1-5,7-8,10-12,15H,6,9,13-14,16H2. The lowest BCUT2D eigenvalue weighted by atomic mass is 10.1. The molecule has 0 atom stereocenters. The molecule has 34 heavy (non-hydrogen) atoms. The molecule has 10 heteroatoms. The average molecular weight is 470 g/mol. The number of benzene rings is 1. The van der Waals surface area contributed by atoms with Crippen LogP contribution in [0.4, 0.5) is 23.8 Å². The summed E-state index contributed by atoms with van der Waals surface area (Å²) < 4.78 is 40.8. The molecule has 3 heterocycles. The van der Waals surface area contributed by atoms with Crippen LogP contribution in [0, 0.1) is 0 Å². The maximum Gasteiger partial charge on any atom is 0.573 e. The summed E-state index contributed by atoms with van der Waals surface area (Å²) in [4.78, 5) is 37.1. The zero-order valence-electron chi connectivity index (χ0n) is 18.0. The van der Waals surface area contributed by atoms with E-state index >= 15 is 0 Å². The molecule has 0 unspecified atom stereocenters. The SMILES string of the molecule is O=C(CCc1ccccn1)c1ccnc(N2CCN(Cc3ccc(OC(F)(F)F)cc3)C2=O)c1. The highest BCUT2D eigenvalue weighted by molar-refractivity contribution is 5.98. The van der Waals surface area contributed by atoms with Gasteiger partial charge in [0.2, 0.25) is 0 Å². The van der Waals surface area contributed by atoms with Crippen molar-refractivity contribution in [1.82, 2.24) is 14.9 Å². The van der Waals surface area contributed by atoms with Crippen LogP contribution in [0.15, 0.2) is 67.0 Å². The van der Waals surface area contributed by atoms with Gasteiger partial charge >= 0.3 is 12.4 Å². The number of urea groups is 1. The second kappa shape index (κ2) is 9.90. The first-order valence-electron chi connectivity index (χ1n) is 10.6. The van der Waals surface area contributed by atoms with Gasteiger partial charge in [-0.05, 0) is 48.4 Å². The van der Waals surface area contributed by atoms with Crippen molar-refractivity contribution >= 4 is 17.6 Å². The predicted molar refractivity (Wildman–Crippen MR) is 117 cm³/mol. The van der Waals surface area contributed by atoms with Crippen LogP contribution in [0.5, 0.6) is 5.75 Å². The fraction of sp³-hybridized carbons (Fsp3) is 0.250. The number of ether oxygens (including phenoxy) is 1. The molecule has 4 rings (SSSR count). The predicted octanol–water partition coefficient (Wildman–Crippen LogP) is 4.63. The number of anilines is 1. The fourth-order valence-corrected chi connectivity index (χ4v) is 3.63. The van der Waals surface area contributed by atoms with Crippen molar-refractivity contribution in [2.24, 2.45) is 0 Å². The lowest BCUT2D eigenvalue weighted by Crippen LogP contribution is -2.32. The minimum absolute atomic E-state index is 0.0704. The molecule has 2 aromatic heterocycles. The highest BCUT2D eigenvalue weighted by Crippen LogP contribution is 2.25. The third-order valence-corrected chi connectivity index (χ3v) is 5.30. The molecule has 0 saturated carbocycles. The van der Waals surface area contributed by atoms with Crippen LogP contribution in [0.3, 0.4) is 0 Å². The largest absolute Gasteiger partial charge is 0.573 e. The van der Waals surface area contributed by atoms with E-state index < -0.39 is 6.36 Å². The van der Waals surface area contributed by atoms with Crippen LogP contribution in [0.25, 0.3) is 0 Å². The number of halogens is 3. The Morgan fingerprint density at radius 3 is 2.50 bits per heavy atom. The minimum Gasteiger partial charge on any atom is -0.406 e. The Morgan fingerprint density at radius 1 is 1.00 bits per heavy atom. The van der Waals surface area contributed by atoms with Gasteiger partial charge in [-0.1, -0.05) is 18.2 Å². The lowest BCUT2D eigenvalue weighted by Gasteiger charge is -2.18. The molecule has 1 saturated heterocycles. The highest BCUT2D eigenvalue weighted by Gasteiger charge is 2.32. The van der Waals surface area contributed by atoms with Crippen LogP contribution in [0.2, 0.25) is 0 Å². The summed E-state index contributed by atoms with van der Waals surface area (Å²) in [5.74, 6) is -0.0107. The first kappa shape index (κ1) is 23.2. The quantitative estimate of drug-likeness (QED) is 0.449. The Kier molecular flexibility index (Phi) is 6.76. The lowest BCUT2D eigenvalue weighted by molar-refractivity contribution is -0.274. The summed E-state index contributed by atoms with van der Waals surface area (Å²) in [5, 5.41) is 0. The molecule has 1 aliphatic heterocycles. The molecule has 1 fully saturated rings. The smallest absolute Gasteiger partial charge is 0.406 e. The van der Waals surface area contributed by atoms with Gasteiger partial charge in [0.05, 0.1) is 0 Å². The van der Waals surface area contributed by atoms with Gasteiger partial charge in [-0.15, -0.1) is 13.2 Å². The van der Waals surface area contributed by atoms with E-state index in [9.17, 15) is 22.8 Å². The highest BCUT2D eigenvalue weighted by atomic mass is 19.4. The summed E-state index contributed by atoms with van der Waals surface area (Å²) >= 11 is 0. The number of amides is 2. The van der Waals surface area contributed by atoms with Crippen LogP contribution in [-0.4, -0.2) is 46.1 Å². The van der Waals surface area contributed by atoms with E-state index in [1.165, 1.54) is 35.4 Å². The van der Waals surface area contributed by atoms with Crippen molar-refractivity contribution < 1.29 is 27.5 Å². The van der Waals surface area contributed by atoms with E-state index in [0.29, 0.717) is 36.5 Å². The molecule has 2 amide bonds. The van der Waals surface area contributed by atoms with Crippen LogP contribution in [0.1, 0.15) is 28.0 Å². The molecule has 0 N–H and O–H groups in total. The molecule has 1 aromatic carbocycles. The van der Waals surface area contributed by atoms with Crippen molar-refractivity contribution in [3.63, 3.8) is 0 Å². The second-order valence-electron chi connectivity index (χ2n) is 7.69. The van der Waals surface area contributed by atoms with E-state index in [0.717, 1.165) is 5.69 Å². The summed E-state index contributed by atoms with van der Waals surface area (Å²) in [6.07, 6.45) is -0.776. The molecule has 176 valence electrons. The van der Waals surface area contributed by atoms with Crippen molar-refractivity contribution in [1.29, 1.82) is 0 Å². The van der Waals surface area contributed by atoms with Crippen LogP contribution in [-0.2, 0) is 13.0 Å². The molecule has 0 bridgehead atoms. The number of hydrogen-bond acceptors (Lipinski definition) is 5. The number of aromatic nitrogens is 2. The van der Waals surface area contributed by atoms with E-state index in [1.807, 2.05) is 18.2 Å². The molecular formula is C24H21F3N4O3. The number of ketones is 1. The first-order chi connectivity index (χ1) is 16.3. The Labute approximate surface area is 193 Å². The Morgan fingerprint density at radius 2 is 1.79 bits per heavy atom. The topological polar surface area (TPSA) is 75.6 Å². The molecular weight excluding hydrogens is 449 g/mol. The summed E-state index contributed by atoms with van der Waals surface area (Å²) in [6.45, 7) is 1.02. The van der Waals surface area contributed by atoms with Gasteiger partial charge in [0.1, 0.15) is 11.6 Å². The number of carbonyl (C=O) groups is 2. The number of aryl methyl sites for hydroxylation is 1. The summed E-state index contributed by atoms with van der Waals surface area (Å²) in [5.41, 5.74) is 1.96. The van der Waals surface area contributed by atoms with Gasteiger partial charge < -0.3 is 9.64 Å². The molecule has 1 aliphatic rings. The summed E-state index contributed by atoms with van der Waals surface area (Å²) in [7, 11) is 0. The zero-order chi connectivity index (χ0) is 24.1. The third kappa shape index (κ3) is 5.89. The number of pyridine rings is 2. The van der Waals surface area contributed by atoms with Crippen molar-refractivity contribution in [3.05, 3.63) is 83.8 Å². The second-order valence-corrected chi connectivity index (χ2v) is 7.69. The van der Waals surface area contributed by atoms with Gasteiger partial charge in [-0.3, -0.25) is 14.7 Å². The molecule has 0 radical (unpaired) electrons. The van der Waals surface area contributed by atoms with Crippen molar-refractivity contribution in [3.8, 4) is 5.75 Å². The number of hydrogen-bond donors (Lipinski definition) is 0. The van der Waals surface area contributed by atoms with Gasteiger partial charge in [-0.2, -0.15) is 0 Å². The van der Waals surface area contributed by atoms with Crippen molar-refractivity contribution in [2.75, 3.05) is 18.0 Å². The maximum absolute atomic E-state index is 12.9. The van der Waals surface area contributed by atoms with Gasteiger partial charge in [0, 0.05) is 49.7 Å². The van der Waals surface area contributed by atoms with Gasteiger partial charge in [-0.25, -0.2) is 9.78 Å². The average Bonchev–Trinajstić information content (AvgIpc) is 3.18. The number of Topliss-reactive ketones (excluding diaryl/α,β-unsaturated/α-hetero) is 1. The van der Waals surface area contributed by atoms with E-state index in [1.54, 1.807) is 23.2 Å². The van der Waals surface area contributed by atoms with Crippen LogP contribution < -0.4 is 9.64 Å². The first-order valence-corrected chi connectivity index (χ1v) is 10.6. The summed E-state index contributed by atoms with van der Waals surface area (Å²) in [6, 6.07) is 13.9. The Hall–Kier alpha value is -3.95. The van der Waals surface area contributed by atoms with Gasteiger partial charge in [0.15, 0.2) is 5.78 Å².